The third kappa shape index (κ3) is 1.27. The van der Waals surface area contributed by atoms with Gasteiger partial charge in [-0.1, -0.05) is 11.3 Å². The first-order valence-corrected chi connectivity index (χ1v) is 3.49. The summed E-state index contributed by atoms with van der Waals surface area (Å²) in [5.74, 6) is -0.409. The Morgan fingerprint density at radius 2 is 2.40 bits per heavy atom. The molecule has 0 spiro atoms. The molecule has 0 aliphatic heterocycles. The van der Waals surface area contributed by atoms with E-state index in [1.54, 1.807) is 19.2 Å². The second-order valence-corrected chi connectivity index (χ2v) is 2.73. The molecule has 1 heterocycles. The molecule has 0 aliphatic carbocycles. The molecule has 4 heteroatoms. The fraction of sp³-hybridized carbons (Fsp3) is 0.167. The van der Waals surface area contributed by atoms with E-state index in [1.165, 1.54) is 11.3 Å². The third-order valence-corrected chi connectivity index (χ3v) is 2.09. The zero-order chi connectivity index (χ0) is 7.56. The van der Waals surface area contributed by atoms with Crippen molar-refractivity contribution >= 4 is 17.2 Å². The average Bonchev–Trinajstić information content (AvgIpc) is 2.34. The molecule has 0 fully saturated rings. The Balaban J connectivity index is 2.88. The highest BCUT2D eigenvalue weighted by molar-refractivity contribution is 7.15. The molecular formula is C6H7NO2S. The van der Waals surface area contributed by atoms with Gasteiger partial charge in [0.2, 0.25) is 0 Å². The number of methoxy groups -OCH3 is 1. The van der Waals surface area contributed by atoms with Crippen LogP contribution in [0.2, 0.25) is 0 Å². The summed E-state index contributed by atoms with van der Waals surface area (Å²) in [6.07, 6.45) is 0. The van der Waals surface area contributed by atoms with Gasteiger partial charge in [0.1, 0.15) is 0 Å². The van der Waals surface area contributed by atoms with Gasteiger partial charge in [0.15, 0.2) is 5.06 Å². The van der Waals surface area contributed by atoms with Gasteiger partial charge in [-0.2, -0.15) is 0 Å². The Hall–Kier alpha value is -1.03. The summed E-state index contributed by atoms with van der Waals surface area (Å²) in [4.78, 5) is 11.0. The molecular weight excluding hydrogens is 150 g/mol. The van der Waals surface area contributed by atoms with Gasteiger partial charge in [-0.25, -0.2) is 0 Å². The number of nitrogens with two attached hydrogens (primary N) is 1. The molecule has 1 aromatic heterocycles. The van der Waals surface area contributed by atoms with Crippen LogP contribution in [0.3, 0.4) is 0 Å². The van der Waals surface area contributed by atoms with Gasteiger partial charge in [0.05, 0.1) is 12.0 Å². The highest BCUT2D eigenvalue weighted by Gasteiger charge is 2.03. The maximum absolute atomic E-state index is 10.5. The minimum Gasteiger partial charge on any atom is -0.487 e. The first-order chi connectivity index (χ1) is 4.74. The maximum atomic E-state index is 10.5. The Bertz CT molecular complexity index is 244. The molecule has 0 bridgehead atoms. The molecule has 3 nitrogen and oxygen atoms in total. The number of carbonyl (C=O) groups is 1. The topological polar surface area (TPSA) is 52.3 Å². The van der Waals surface area contributed by atoms with Gasteiger partial charge < -0.3 is 10.5 Å². The van der Waals surface area contributed by atoms with Crippen LogP contribution in [0.5, 0.6) is 5.06 Å². The smallest absolute Gasteiger partial charge is 0.258 e. The zero-order valence-corrected chi connectivity index (χ0v) is 6.27. The molecule has 0 saturated heterocycles. The van der Waals surface area contributed by atoms with Crippen molar-refractivity contribution in [3.05, 3.63) is 17.0 Å². The van der Waals surface area contributed by atoms with E-state index in [1.807, 2.05) is 0 Å². The van der Waals surface area contributed by atoms with E-state index >= 15 is 0 Å². The Morgan fingerprint density at radius 3 is 2.70 bits per heavy atom. The number of carbonyl (C=O) groups excluding carboxylic acids is 1. The minimum atomic E-state index is -0.409. The molecule has 0 atom stereocenters. The van der Waals surface area contributed by atoms with Crippen molar-refractivity contribution in [1.82, 2.24) is 0 Å². The Labute approximate surface area is 62.4 Å². The van der Waals surface area contributed by atoms with Gasteiger partial charge >= 0.3 is 0 Å². The van der Waals surface area contributed by atoms with Crippen LogP contribution in [0.15, 0.2) is 12.1 Å². The van der Waals surface area contributed by atoms with Gasteiger partial charge in [0.25, 0.3) is 5.91 Å². The van der Waals surface area contributed by atoms with Crippen LogP contribution in [-0.4, -0.2) is 13.0 Å². The Morgan fingerprint density at radius 1 is 1.70 bits per heavy atom. The standard InChI is InChI=1S/C6H7NO2S/c1-9-5-3-2-4(10-5)6(7)8/h2-3H,1H3,(H2,7,8). The fourth-order valence-electron chi connectivity index (χ4n) is 0.562. The molecule has 0 radical (unpaired) electrons. The molecule has 1 aromatic rings. The van der Waals surface area contributed by atoms with E-state index in [0.717, 1.165) is 0 Å². The number of hydrogen-bond acceptors (Lipinski definition) is 3. The quantitative estimate of drug-likeness (QED) is 0.692. The van der Waals surface area contributed by atoms with E-state index in [2.05, 4.69) is 0 Å². The molecule has 2 N–H and O–H groups in total. The average molecular weight is 157 g/mol. The van der Waals surface area contributed by atoms with Crippen molar-refractivity contribution in [2.45, 2.75) is 0 Å². The number of thiophene rings is 1. The van der Waals surface area contributed by atoms with E-state index in [0.29, 0.717) is 9.94 Å². The van der Waals surface area contributed by atoms with Crippen LogP contribution in [-0.2, 0) is 0 Å². The van der Waals surface area contributed by atoms with E-state index in [-0.39, 0.29) is 0 Å². The number of amides is 1. The van der Waals surface area contributed by atoms with Crippen LogP contribution < -0.4 is 10.5 Å². The van der Waals surface area contributed by atoms with Crippen molar-refractivity contribution in [2.75, 3.05) is 7.11 Å². The summed E-state index contributed by atoms with van der Waals surface area (Å²) in [6.45, 7) is 0. The summed E-state index contributed by atoms with van der Waals surface area (Å²) in [5.41, 5.74) is 5.00. The van der Waals surface area contributed by atoms with E-state index in [4.69, 9.17) is 10.5 Å². The second-order valence-electron chi connectivity index (χ2n) is 1.69. The number of hydrogen-bond donors (Lipinski definition) is 1. The summed E-state index contributed by atoms with van der Waals surface area (Å²) in [6, 6.07) is 3.36. The summed E-state index contributed by atoms with van der Waals surface area (Å²) >= 11 is 1.24. The Kier molecular flexibility index (Phi) is 1.91. The summed E-state index contributed by atoms with van der Waals surface area (Å²) in [7, 11) is 1.55. The van der Waals surface area contributed by atoms with Crippen molar-refractivity contribution in [3.63, 3.8) is 0 Å². The van der Waals surface area contributed by atoms with Gasteiger partial charge in [-0.05, 0) is 12.1 Å². The highest BCUT2D eigenvalue weighted by Crippen LogP contribution is 2.22. The highest BCUT2D eigenvalue weighted by atomic mass is 32.1. The zero-order valence-electron chi connectivity index (χ0n) is 5.46. The lowest BCUT2D eigenvalue weighted by Crippen LogP contribution is -2.07. The molecule has 0 saturated carbocycles. The summed E-state index contributed by atoms with van der Waals surface area (Å²) in [5, 5.41) is 0.703. The molecule has 0 aliphatic rings. The van der Waals surface area contributed by atoms with Crippen molar-refractivity contribution in [2.24, 2.45) is 5.73 Å². The predicted molar refractivity (Wildman–Crippen MR) is 39.4 cm³/mol. The van der Waals surface area contributed by atoms with Crippen LogP contribution in [0.4, 0.5) is 0 Å². The molecule has 54 valence electrons. The lowest BCUT2D eigenvalue weighted by Gasteiger charge is -1.88. The number of rotatable bonds is 2. The van der Waals surface area contributed by atoms with Crippen molar-refractivity contribution < 1.29 is 9.53 Å². The van der Waals surface area contributed by atoms with Crippen LogP contribution in [0, 0.1) is 0 Å². The fourth-order valence-corrected chi connectivity index (χ4v) is 1.24. The van der Waals surface area contributed by atoms with Crippen molar-refractivity contribution in [1.29, 1.82) is 0 Å². The third-order valence-electron chi connectivity index (χ3n) is 1.03. The molecule has 1 amide bonds. The van der Waals surface area contributed by atoms with E-state index in [9.17, 15) is 4.79 Å². The molecule has 0 unspecified atom stereocenters. The maximum Gasteiger partial charge on any atom is 0.258 e. The largest absolute Gasteiger partial charge is 0.487 e. The van der Waals surface area contributed by atoms with Crippen molar-refractivity contribution in [3.8, 4) is 5.06 Å². The summed E-state index contributed by atoms with van der Waals surface area (Å²) < 4.78 is 4.86. The number of primary amides is 1. The SMILES string of the molecule is COc1ccc(C(N)=O)s1. The van der Waals surface area contributed by atoms with Crippen LogP contribution in [0.25, 0.3) is 0 Å². The van der Waals surface area contributed by atoms with E-state index < -0.39 is 5.91 Å². The van der Waals surface area contributed by atoms with Crippen LogP contribution in [0.1, 0.15) is 9.67 Å². The molecule has 10 heavy (non-hydrogen) atoms. The lowest BCUT2D eigenvalue weighted by molar-refractivity contribution is 0.100. The van der Waals surface area contributed by atoms with Gasteiger partial charge in [-0.15, -0.1) is 0 Å². The molecule has 1 rings (SSSR count). The first-order valence-electron chi connectivity index (χ1n) is 2.67. The first kappa shape index (κ1) is 7.08. The lowest BCUT2D eigenvalue weighted by atomic mass is 10.5. The molecule has 0 aromatic carbocycles. The van der Waals surface area contributed by atoms with Gasteiger partial charge in [0, 0.05) is 0 Å². The number of ether oxygens (including phenoxy) is 1. The van der Waals surface area contributed by atoms with Crippen LogP contribution >= 0.6 is 11.3 Å². The minimum absolute atomic E-state index is 0.409. The monoisotopic (exact) mass is 157 g/mol. The normalized spacial score (nSPS) is 9.30. The van der Waals surface area contributed by atoms with Gasteiger partial charge in [-0.3, -0.25) is 4.79 Å². The second kappa shape index (κ2) is 2.70. The predicted octanol–water partition coefficient (Wildman–Crippen LogP) is 0.856.